The second-order valence-electron chi connectivity index (χ2n) is 5.79. The van der Waals surface area contributed by atoms with Gasteiger partial charge in [-0.3, -0.25) is 0 Å². The number of carbonyl (C=O) groups excluding carboxylic acids is 1. The fourth-order valence-electron chi connectivity index (χ4n) is 3.03. The monoisotopic (exact) mass is 289 g/mol. The summed E-state index contributed by atoms with van der Waals surface area (Å²) in [5.74, 6) is 0. The summed E-state index contributed by atoms with van der Waals surface area (Å²) in [5.41, 5.74) is 2.05. The molecular formula is C17H27N3O. The Hall–Kier alpha value is -1.55. The average Bonchev–Trinajstić information content (AvgIpc) is 3.01. The number of hydrogen-bond acceptors (Lipinski definition) is 2. The van der Waals surface area contributed by atoms with Gasteiger partial charge in [0, 0.05) is 24.3 Å². The topological polar surface area (TPSA) is 44.4 Å². The molecule has 0 saturated heterocycles. The summed E-state index contributed by atoms with van der Waals surface area (Å²) in [6.07, 6.45) is 4.75. The van der Waals surface area contributed by atoms with Gasteiger partial charge in [0.25, 0.3) is 0 Å². The molecule has 0 spiro atoms. The summed E-state index contributed by atoms with van der Waals surface area (Å²) in [6.45, 7) is 4.93. The van der Waals surface area contributed by atoms with Crippen LogP contribution in [-0.2, 0) is 0 Å². The summed E-state index contributed by atoms with van der Waals surface area (Å²) in [4.78, 5) is 14.5. The van der Waals surface area contributed by atoms with Gasteiger partial charge in [-0.1, -0.05) is 25.0 Å². The first-order valence-electron chi connectivity index (χ1n) is 8.00. The lowest BCUT2D eigenvalue weighted by atomic mass is 10.1. The third-order valence-corrected chi connectivity index (χ3v) is 4.44. The Kier molecular flexibility index (Phi) is 5.62. The smallest absolute Gasteiger partial charge is 0.322 e. The first-order chi connectivity index (χ1) is 10.2. The van der Waals surface area contributed by atoms with Crippen molar-refractivity contribution in [3.63, 3.8) is 0 Å². The van der Waals surface area contributed by atoms with Crippen molar-refractivity contribution in [2.24, 2.45) is 0 Å². The molecule has 21 heavy (non-hydrogen) atoms. The summed E-state index contributed by atoms with van der Waals surface area (Å²) in [6, 6.07) is 8.77. The van der Waals surface area contributed by atoms with Gasteiger partial charge >= 0.3 is 6.03 Å². The first kappa shape index (κ1) is 15.8. The zero-order valence-corrected chi connectivity index (χ0v) is 13.4. The fraction of sp³-hybridized carbons (Fsp3) is 0.588. The number of anilines is 1. The molecule has 0 aromatic heterocycles. The third kappa shape index (κ3) is 3.97. The molecule has 1 aromatic carbocycles. The van der Waals surface area contributed by atoms with Gasteiger partial charge < -0.3 is 15.5 Å². The van der Waals surface area contributed by atoms with E-state index in [-0.39, 0.29) is 12.1 Å². The molecule has 0 heterocycles. The van der Waals surface area contributed by atoms with Crippen molar-refractivity contribution in [1.82, 2.24) is 10.2 Å². The summed E-state index contributed by atoms with van der Waals surface area (Å²) >= 11 is 0. The van der Waals surface area contributed by atoms with E-state index >= 15 is 0 Å². The first-order valence-corrected chi connectivity index (χ1v) is 8.00. The van der Waals surface area contributed by atoms with Crippen LogP contribution in [0.5, 0.6) is 0 Å². The van der Waals surface area contributed by atoms with Crippen LogP contribution in [0.2, 0.25) is 0 Å². The number of nitrogens with zero attached hydrogens (tertiary/aromatic N) is 1. The molecule has 1 aromatic rings. The maximum atomic E-state index is 12.5. The highest BCUT2D eigenvalue weighted by molar-refractivity contribution is 5.89. The van der Waals surface area contributed by atoms with Crippen molar-refractivity contribution >= 4 is 11.7 Å². The normalized spacial score (nSPS) is 16.7. The molecule has 2 rings (SSSR count). The Morgan fingerprint density at radius 1 is 1.38 bits per heavy atom. The highest BCUT2D eigenvalue weighted by Crippen LogP contribution is 2.24. The zero-order chi connectivity index (χ0) is 15.2. The summed E-state index contributed by atoms with van der Waals surface area (Å²) in [5, 5.41) is 6.27. The molecule has 1 saturated carbocycles. The van der Waals surface area contributed by atoms with Gasteiger partial charge in [0.2, 0.25) is 0 Å². The molecule has 0 bridgehead atoms. The molecular weight excluding hydrogens is 262 g/mol. The number of hydrogen-bond donors (Lipinski definition) is 2. The van der Waals surface area contributed by atoms with E-state index in [1.165, 1.54) is 18.4 Å². The Morgan fingerprint density at radius 2 is 2.10 bits per heavy atom. The predicted molar refractivity (Wildman–Crippen MR) is 87.6 cm³/mol. The lowest BCUT2D eigenvalue weighted by molar-refractivity contribution is 0.192. The highest BCUT2D eigenvalue weighted by atomic mass is 16.2. The quantitative estimate of drug-likeness (QED) is 0.866. The van der Waals surface area contributed by atoms with E-state index in [0.29, 0.717) is 6.04 Å². The molecule has 1 aliphatic rings. The lowest BCUT2D eigenvalue weighted by Gasteiger charge is -2.28. The van der Waals surface area contributed by atoms with Crippen molar-refractivity contribution in [3.8, 4) is 0 Å². The Morgan fingerprint density at radius 3 is 2.71 bits per heavy atom. The Balaban J connectivity index is 2.04. The van der Waals surface area contributed by atoms with E-state index in [9.17, 15) is 4.79 Å². The molecule has 4 nitrogen and oxygen atoms in total. The van der Waals surface area contributed by atoms with Crippen LogP contribution in [-0.4, -0.2) is 30.6 Å². The largest absolute Gasteiger partial charge is 0.322 e. The molecule has 1 unspecified atom stereocenters. The van der Waals surface area contributed by atoms with Gasteiger partial charge in [0.05, 0.1) is 0 Å². The van der Waals surface area contributed by atoms with E-state index in [1.54, 1.807) is 0 Å². The number of amides is 2. The molecule has 4 heteroatoms. The summed E-state index contributed by atoms with van der Waals surface area (Å²) in [7, 11) is 1.94. The maximum Gasteiger partial charge on any atom is 0.322 e. The van der Waals surface area contributed by atoms with Gasteiger partial charge in [-0.15, -0.1) is 0 Å². The molecule has 2 amide bonds. The van der Waals surface area contributed by atoms with E-state index < -0.39 is 0 Å². The summed E-state index contributed by atoms with van der Waals surface area (Å²) < 4.78 is 0. The standard InChI is InChI=1S/C17H27N3O/c1-4-20(16-10-5-6-11-16)17(21)19-15-9-7-8-14(12-15)13(2)18-3/h7-9,12-13,16,18H,4-6,10-11H2,1-3H3,(H,19,21). The molecule has 1 atom stereocenters. The second kappa shape index (κ2) is 7.46. The molecule has 1 fully saturated rings. The SMILES string of the molecule is CCN(C(=O)Nc1cccc(C(C)NC)c1)C1CCCC1. The van der Waals surface area contributed by atoms with Crippen LogP contribution in [0.3, 0.4) is 0 Å². The minimum Gasteiger partial charge on any atom is -0.322 e. The van der Waals surface area contributed by atoms with Crippen LogP contribution in [0.4, 0.5) is 10.5 Å². The third-order valence-electron chi connectivity index (χ3n) is 4.44. The molecule has 0 radical (unpaired) electrons. The van der Waals surface area contributed by atoms with E-state index in [1.807, 2.05) is 30.1 Å². The Bertz CT molecular complexity index is 469. The van der Waals surface area contributed by atoms with Crippen molar-refractivity contribution in [2.75, 3.05) is 18.9 Å². The number of nitrogens with one attached hydrogen (secondary N) is 2. The predicted octanol–water partition coefficient (Wildman–Crippen LogP) is 3.76. The van der Waals surface area contributed by atoms with Gasteiger partial charge in [-0.25, -0.2) is 4.79 Å². The average molecular weight is 289 g/mol. The molecule has 2 N–H and O–H groups in total. The minimum atomic E-state index is 0.0265. The van der Waals surface area contributed by atoms with E-state index in [4.69, 9.17) is 0 Å². The van der Waals surface area contributed by atoms with Gasteiger partial charge in [-0.2, -0.15) is 0 Å². The van der Waals surface area contributed by atoms with Crippen molar-refractivity contribution in [2.45, 2.75) is 51.6 Å². The molecule has 0 aliphatic heterocycles. The van der Waals surface area contributed by atoms with Crippen LogP contribution in [0.1, 0.15) is 51.1 Å². The van der Waals surface area contributed by atoms with Gasteiger partial charge in [0.1, 0.15) is 0 Å². The number of rotatable bonds is 5. The number of urea groups is 1. The van der Waals surface area contributed by atoms with Crippen molar-refractivity contribution < 1.29 is 4.79 Å². The van der Waals surface area contributed by atoms with Crippen LogP contribution in [0.25, 0.3) is 0 Å². The minimum absolute atomic E-state index is 0.0265. The van der Waals surface area contributed by atoms with Crippen LogP contribution in [0, 0.1) is 0 Å². The number of carbonyl (C=O) groups is 1. The maximum absolute atomic E-state index is 12.5. The van der Waals surface area contributed by atoms with E-state index in [2.05, 4.69) is 30.5 Å². The van der Waals surface area contributed by atoms with Crippen LogP contribution < -0.4 is 10.6 Å². The lowest BCUT2D eigenvalue weighted by Crippen LogP contribution is -2.41. The van der Waals surface area contributed by atoms with Gasteiger partial charge in [-0.05, 0) is 51.4 Å². The Labute approximate surface area is 127 Å². The zero-order valence-electron chi connectivity index (χ0n) is 13.4. The van der Waals surface area contributed by atoms with E-state index in [0.717, 1.165) is 25.1 Å². The molecule has 1 aliphatic carbocycles. The highest BCUT2D eigenvalue weighted by Gasteiger charge is 2.25. The van der Waals surface area contributed by atoms with Crippen molar-refractivity contribution in [1.29, 1.82) is 0 Å². The fourth-order valence-corrected chi connectivity index (χ4v) is 3.03. The second-order valence-corrected chi connectivity index (χ2v) is 5.79. The van der Waals surface area contributed by atoms with Crippen LogP contribution in [0.15, 0.2) is 24.3 Å². The van der Waals surface area contributed by atoms with Gasteiger partial charge in [0.15, 0.2) is 0 Å². The van der Waals surface area contributed by atoms with Crippen LogP contribution >= 0.6 is 0 Å². The van der Waals surface area contributed by atoms with Crippen molar-refractivity contribution in [3.05, 3.63) is 29.8 Å². The molecule has 116 valence electrons. The number of benzene rings is 1.